The van der Waals surface area contributed by atoms with Gasteiger partial charge in [0, 0.05) is 6.42 Å². The predicted molar refractivity (Wildman–Crippen MR) is 68.3 cm³/mol. The molecule has 0 aliphatic carbocycles. The molecule has 1 rings (SSSR count). The minimum Gasteiger partial charge on any atom is -0.397 e. The van der Waals surface area contributed by atoms with E-state index in [1.807, 2.05) is 26.8 Å². The van der Waals surface area contributed by atoms with E-state index in [0.29, 0.717) is 23.4 Å². The van der Waals surface area contributed by atoms with Crippen LogP contribution in [0.1, 0.15) is 32.8 Å². The van der Waals surface area contributed by atoms with Crippen molar-refractivity contribution in [3.63, 3.8) is 0 Å². The molecule has 0 spiro atoms. The number of benzene rings is 1. The van der Waals surface area contributed by atoms with E-state index in [1.165, 1.54) is 0 Å². The third-order valence-corrected chi connectivity index (χ3v) is 2.15. The van der Waals surface area contributed by atoms with Gasteiger partial charge in [-0.2, -0.15) is 5.26 Å². The maximum absolute atomic E-state index is 11.7. The normalized spacial score (nSPS) is 10.7. The summed E-state index contributed by atoms with van der Waals surface area (Å²) in [5.74, 6) is -0.0751. The maximum atomic E-state index is 11.7. The zero-order valence-electron chi connectivity index (χ0n) is 10.4. The van der Waals surface area contributed by atoms with E-state index < -0.39 is 0 Å². The standard InChI is InChI=1S/C13H17N3O/c1-13(2,3)7-12(17)16-11-5-4-9(8-14)6-10(11)15/h4-6H,7,15H2,1-3H3,(H,16,17). The Morgan fingerprint density at radius 1 is 1.47 bits per heavy atom. The zero-order chi connectivity index (χ0) is 13.1. The lowest BCUT2D eigenvalue weighted by Crippen LogP contribution is -2.20. The fourth-order valence-electron chi connectivity index (χ4n) is 1.42. The minimum absolute atomic E-state index is 0.0640. The Kier molecular flexibility index (Phi) is 3.74. The summed E-state index contributed by atoms with van der Waals surface area (Å²) in [6.45, 7) is 5.98. The van der Waals surface area contributed by atoms with Crippen molar-refractivity contribution in [2.45, 2.75) is 27.2 Å². The molecule has 0 saturated heterocycles. The van der Waals surface area contributed by atoms with Gasteiger partial charge in [-0.1, -0.05) is 20.8 Å². The molecule has 0 fully saturated rings. The average molecular weight is 231 g/mol. The van der Waals surface area contributed by atoms with Gasteiger partial charge < -0.3 is 11.1 Å². The zero-order valence-corrected chi connectivity index (χ0v) is 10.4. The minimum atomic E-state index is -0.0751. The summed E-state index contributed by atoms with van der Waals surface area (Å²) < 4.78 is 0. The summed E-state index contributed by atoms with van der Waals surface area (Å²) in [4.78, 5) is 11.7. The van der Waals surface area contributed by atoms with E-state index in [1.54, 1.807) is 18.2 Å². The van der Waals surface area contributed by atoms with E-state index in [0.717, 1.165) is 0 Å². The van der Waals surface area contributed by atoms with Crippen molar-refractivity contribution in [1.82, 2.24) is 0 Å². The molecule has 0 bridgehead atoms. The molecule has 0 heterocycles. The van der Waals surface area contributed by atoms with Crippen LogP contribution in [0.2, 0.25) is 0 Å². The smallest absolute Gasteiger partial charge is 0.224 e. The summed E-state index contributed by atoms with van der Waals surface area (Å²) in [5, 5.41) is 11.4. The van der Waals surface area contributed by atoms with Crippen LogP contribution in [0.15, 0.2) is 18.2 Å². The van der Waals surface area contributed by atoms with Crippen molar-refractivity contribution >= 4 is 17.3 Å². The molecule has 4 heteroatoms. The van der Waals surface area contributed by atoms with Gasteiger partial charge in [-0.05, 0) is 23.6 Å². The third-order valence-electron chi connectivity index (χ3n) is 2.15. The Morgan fingerprint density at radius 2 is 2.12 bits per heavy atom. The lowest BCUT2D eigenvalue weighted by molar-refractivity contribution is -0.117. The van der Waals surface area contributed by atoms with Crippen LogP contribution in [0, 0.1) is 16.7 Å². The predicted octanol–water partition coefficient (Wildman–Crippen LogP) is 2.52. The Morgan fingerprint density at radius 3 is 2.59 bits per heavy atom. The molecule has 0 atom stereocenters. The van der Waals surface area contributed by atoms with Gasteiger partial charge in [-0.15, -0.1) is 0 Å². The largest absolute Gasteiger partial charge is 0.397 e. The highest BCUT2D eigenvalue weighted by Crippen LogP contribution is 2.23. The van der Waals surface area contributed by atoms with Gasteiger partial charge in [-0.3, -0.25) is 4.79 Å². The van der Waals surface area contributed by atoms with E-state index in [4.69, 9.17) is 11.0 Å². The van der Waals surface area contributed by atoms with E-state index in [9.17, 15) is 4.79 Å². The first-order valence-corrected chi connectivity index (χ1v) is 5.41. The van der Waals surface area contributed by atoms with Crippen LogP contribution in [-0.2, 0) is 4.79 Å². The van der Waals surface area contributed by atoms with E-state index >= 15 is 0 Å². The molecular formula is C13H17N3O. The second-order valence-corrected chi connectivity index (χ2v) is 5.20. The number of hydrogen-bond donors (Lipinski definition) is 2. The molecule has 0 saturated carbocycles. The molecule has 0 aromatic heterocycles. The van der Waals surface area contributed by atoms with Gasteiger partial charge in [0.15, 0.2) is 0 Å². The SMILES string of the molecule is CC(C)(C)CC(=O)Nc1ccc(C#N)cc1N. The number of anilines is 2. The number of nitrogens with two attached hydrogens (primary N) is 1. The van der Waals surface area contributed by atoms with Gasteiger partial charge in [0.05, 0.1) is 23.0 Å². The second-order valence-electron chi connectivity index (χ2n) is 5.20. The Labute approximate surface area is 101 Å². The monoisotopic (exact) mass is 231 g/mol. The van der Waals surface area contributed by atoms with E-state index in [-0.39, 0.29) is 11.3 Å². The van der Waals surface area contributed by atoms with Crippen molar-refractivity contribution in [3.05, 3.63) is 23.8 Å². The van der Waals surface area contributed by atoms with E-state index in [2.05, 4.69) is 5.32 Å². The van der Waals surface area contributed by atoms with Crippen LogP contribution in [0.25, 0.3) is 0 Å². The highest BCUT2D eigenvalue weighted by molar-refractivity contribution is 5.94. The van der Waals surface area contributed by atoms with Gasteiger partial charge in [0.2, 0.25) is 5.91 Å². The molecule has 90 valence electrons. The van der Waals surface area contributed by atoms with Crippen molar-refractivity contribution in [2.24, 2.45) is 5.41 Å². The molecule has 4 nitrogen and oxygen atoms in total. The number of hydrogen-bond acceptors (Lipinski definition) is 3. The number of nitrogens with one attached hydrogen (secondary N) is 1. The first kappa shape index (κ1) is 13.0. The van der Waals surface area contributed by atoms with Crippen molar-refractivity contribution < 1.29 is 4.79 Å². The Balaban J connectivity index is 2.76. The molecule has 0 aliphatic rings. The van der Waals surface area contributed by atoms with Crippen LogP contribution in [-0.4, -0.2) is 5.91 Å². The van der Waals surface area contributed by atoms with Gasteiger partial charge in [0.25, 0.3) is 0 Å². The quantitative estimate of drug-likeness (QED) is 0.767. The fraction of sp³-hybridized carbons (Fsp3) is 0.385. The van der Waals surface area contributed by atoms with Gasteiger partial charge >= 0.3 is 0 Å². The third kappa shape index (κ3) is 4.15. The highest BCUT2D eigenvalue weighted by Gasteiger charge is 2.16. The molecule has 0 unspecified atom stereocenters. The van der Waals surface area contributed by atoms with Crippen LogP contribution >= 0.6 is 0 Å². The van der Waals surface area contributed by atoms with Crippen LogP contribution < -0.4 is 11.1 Å². The second kappa shape index (κ2) is 4.88. The summed E-state index contributed by atoms with van der Waals surface area (Å²) in [6.07, 6.45) is 0.423. The van der Waals surface area contributed by atoms with Crippen molar-refractivity contribution in [2.75, 3.05) is 11.1 Å². The van der Waals surface area contributed by atoms with Crippen molar-refractivity contribution in [3.8, 4) is 6.07 Å². The number of amides is 1. The molecule has 0 aliphatic heterocycles. The Hall–Kier alpha value is -2.02. The number of carbonyl (C=O) groups is 1. The maximum Gasteiger partial charge on any atom is 0.224 e. The molecule has 1 aromatic rings. The topological polar surface area (TPSA) is 78.9 Å². The molecule has 3 N–H and O–H groups in total. The number of rotatable bonds is 2. The summed E-state index contributed by atoms with van der Waals surface area (Å²) in [6, 6.07) is 6.82. The average Bonchev–Trinajstić information content (AvgIpc) is 2.18. The van der Waals surface area contributed by atoms with Crippen LogP contribution in [0.3, 0.4) is 0 Å². The van der Waals surface area contributed by atoms with Gasteiger partial charge in [0.1, 0.15) is 0 Å². The van der Waals surface area contributed by atoms with Crippen molar-refractivity contribution in [1.29, 1.82) is 5.26 Å². The summed E-state index contributed by atoms with van der Waals surface area (Å²) in [5.41, 5.74) is 7.12. The highest BCUT2D eigenvalue weighted by atomic mass is 16.1. The summed E-state index contributed by atoms with van der Waals surface area (Å²) >= 11 is 0. The number of carbonyl (C=O) groups excluding carboxylic acids is 1. The lowest BCUT2D eigenvalue weighted by Gasteiger charge is -2.17. The number of nitrogen functional groups attached to an aromatic ring is 1. The van der Waals surface area contributed by atoms with Crippen LogP contribution in [0.5, 0.6) is 0 Å². The Bertz CT molecular complexity index is 467. The first-order valence-electron chi connectivity index (χ1n) is 5.41. The summed E-state index contributed by atoms with van der Waals surface area (Å²) in [7, 11) is 0. The fourth-order valence-corrected chi connectivity index (χ4v) is 1.42. The number of nitriles is 1. The van der Waals surface area contributed by atoms with Crippen LogP contribution in [0.4, 0.5) is 11.4 Å². The molecule has 17 heavy (non-hydrogen) atoms. The van der Waals surface area contributed by atoms with Gasteiger partial charge in [-0.25, -0.2) is 0 Å². The number of nitrogens with zero attached hydrogens (tertiary/aromatic N) is 1. The molecule has 1 aromatic carbocycles. The first-order chi connectivity index (χ1) is 7.81. The lowest BCUT2D eigenvalue weighted by atomic mass is 9.92. The molecule has 1 amide bonds. The molecule has 0 radical (unpaired) electrons. The molecular weight excluding hydrogens is 214 g/mol.